The van der Waals surface area contributed by atoms with Crippen LogP contribution in [-0.2, 0) is 11.3 Å². The maximum Gasteiger partial charge on any atom is 0.299 e. The van der Waals surface area contributed by atoms with Crippen LogP contribution in [-0.4, -0.2) is 69.9 Å². The Morgan fingerprint density at radius 3 is 2.76 bits per heavy atom. The van der Waals surface area contributed by atoms with Gasteiger partial charge in [-0.3, -0.25) is 14.5 Å². The van der Waals surface area contributed by atoms with Gasteiger partial charge in [-0.2, -0.15) is 4.98 Å². The molecule has 2 amide bonds. The number of hydrogen-bond donors (Lipinski definition) is 1. The summed E-state index contributed by atoms with van der Waals surface area (Å²) in [4.78, 5) is 37.9. The summed E-state index contributed by atoms with van der Waals surface area (Å²) in [6.45, 7) is 7.51. The van der Waals surface area contributed by atoms with E-state index < -0.39 is 6.04 Å². The van der Waals surface area contributed by atoms with Gasteiger partial charge in [-0.15, -0.1) is 0 Å². The molecule has 192 valence electrons. The van der Waals surface area contributed by atoms with Crippen LogP contribution in [0.2, 0.25) is 0 Å². The Balaban J connectivity index is 1.10. The Kier molecular flexibility index (Phi) is 5.12. The molecule has 4 aliphatic rings. The van der Waals surface area contributed by atoms with Crippen LogP contribution in [0.15, 0.2) is 52.9 Å². The number of amides is 2. The first-order valence-corrected chi connectivity index (χ1v) is 13.5. The molecule has 0 bridgehead atoms. The molecule has 5 atom stereocenters. The molecule has 4 fully saturated rings. The van der Waals surface area contributed by atoms with Crippen molar-refractivity contribution in [1.82, 2.24) is 20.1 Å². The molecule has 37 heavy (non-hydrogen) atoms. The predicted molar refractivity (Wildman–Crippen MR) is 140 cm³/mol. The van der Waals surface area contributed by atoms with Crippen molar-refractivity contribution in [3.63, 3.8) is 0 Å². The van der Waals surface area contributed by atoms with E-state index in [4.69, 9.17) is 9.40 Å². The van der Waals surface area contributed by atoms with Crippen LogP contribution < -0.4 is 10.2 Å². The third-order valence-electron chi connectivity index (χ3n) is 9.36. The summed E-state index contributed by atoms with van der Waals surface area (Å²) in [6, 6.07) is 15.8. The van der Waals surface area contributed by atoms with Gasteiger partial charge in [0.1, 0.15) is 11.6 Å². The summed E-state index contributed by atoms with van der Waals surface area (Å²) in [5.74, 6) is 0.521. The summed E-state index contributed by atoms with van der Waals surface area (Å²) >= 11 is 0. The highest BCUT2D eigenvalue weighted by Crippen LogP contribution is 2.57. The minimum absolute atomic E-state index is 0.0145. The second-order valence-corrected chi connectivity index (χ2v) is 11.3. The number of oxazole rings is 1. The lowest BCUT2D eigenvalue weighted by atomic mass is 9.58. The number of hydrogen-bond acceptors (Lipinski definition) is 6. The largest absolute Gasteiger partial charge is 0.423 e. The van der Waals surface area contributed by atoms with Crippen molar-refractivity contribution in [1.29, 1.82) is 0 Å². The van der Waals surface area contributed by atoms with Crippen LogP contribution >= 0.6 is 0 Å². The number of nitrogens with one attached hydrogen (secondary N) is 1. The summed E-state index contributed by atoms with van der Waals surface area (Å²) in [5.41, 5.74) is 3.14. The maximum absolute atomic E-state index is 13.4. The number of anilines is 1. The Morgan fingerprint density at radius 2 is 1.97 bits per heavy atom. The lowest BCUT2D eigenvalue weighted by Gasteiger charge is -2.61. The quantitative estimate of drug-likeness (QED) is 0.579. The molecule has 1 N–H and O–H groups in total. The zero-order chi connectivity index (χ0) is 25.3. The van der Waals surface area contributed by atoms with E-state index in [2.05, 4.69) is 17.1 Å². The first-order chi connectivity index (χ1) is 17.9. The molecule has 4 heterocycles. The highest BCUT2D eigenvalue weighted by molar-refractivity contribution is 6.05. The van der Waals surface area contributed by atoms with Crippen molar-refractivity contribution in [2.24, 2.45) is 5.92 Å². The molecule has 0 radical (unpaired) electrons. The van der Waals surface area contributed by atoms with E-state index in [9.17, 15) is 9.59 Å². The normalized spacial score (nSPS) is 31.0. The van der Waals surface area contributed by atoms with E-state index in [0.717, 1.165) is 18.5 Å². The molecule has 3 saturated heterocycles. The second kappa shape index (κ2) is 8.31. The van der Waals surface area contributed by atoms with Gasteiger partial charge in [0.05, 0.1) is 5.56 Å². The van der Waals surface area contributed by atoms with Crippen LogP contribution in [0.1, 0.15) is 49.0 Å². The van der Waals surface area contributed by atoms with Gasteiger partial charge in [0.25, 0.3) is 11.9 Å². The lowest BCUT2D eigenvalue weighted by molar-refractivity contribution is -0.135. The van der Waals surface area contributed by atoms with Crippen molar-refractivity contribution < 1.29 is 14.0 Å². The molecule has 3 unspecified atom stereocenters. The van der Waals surface area contributed by atoms with Gasteiger partial charge in [0, 0.05) is 37.3 Å². The number of carbonyl (C=O) groups is 2. The predicted octanol–water partition coefficient (Wildman–Crippen LogP) is 3.42. The molecule has 2 aromatic carbocycles. The van der Waals surface area contributed by atoms with Gasteiger partial charge in [-0.1, -0.05) is 36.4 Å². The Hall–Kier alpha value is -3.39. The number of nitrogens with zero attached hydrogens (tertiary/aromatic N) is 4. The molecule has 1 saturated carbocycles. The minimum Gasteiger partial charge on any atom is -0.423 e. The molecule has 1 spiro atoms. The molecule has 7 rings (SSSR count). The zero-order valence-electron chi connectivity index (χ0n) is 21.4. The van der Waals surface area contributed by atoms with Crippen molar-refractivity contribution in [3.05, 3.63) is 59.7 Å². The number of benzene rings is 2. The summed E-state index contributed by atoms with van der Waals surface area (Å²) in [5, 5.41) is 3.30. The maximum atomic E-state index is 13.4. The number of carbonyl (C=O) groups excluding carboxylic acids is 2. The van der Waals surface area contributed by atoms with E-state index in [1.54, 1.807) is 0 Å². The van der Waals surface area contributed by atoms with E-state index >= 15 is 0 Å². The number of fused-ring (bicyclic) bond motifs is 1. The Labute approximate surface area is 216 Å². The topological polar surface area (TPSA) is 81.9 Å². The minimum atomic E-state index is -0.420. The molecule has 8 nitrogen and oxygen atoms in total. The third-order valence-corrected chi connectivity index (χ3v) is 9.36. The van der Waals surface area contributed by atoms with Gasteiger partial charge < -0.3 is 19.5 Å². The molecule has 3 aromatic rings. The average Bonchev–Trinajstić information content (AvgIpc) is 3.38. The van der Waals surface area contributed by atoms with E-state index in [1.807, 2.05) is 65.3 Å². The summed E-state index contributed by atoms with van der Waals surface area (Å²) in [6.07, 6.45) is 3.48. The first kappa shape index (κ1) is 22.8. The van der Waals surface area contributed by atoms with Crippen LogP contribution in [0.4, 0.5) is 6.01 Å². The average molecular weight is 500 g/mol. The van der Waals surface area contributed by atoms with Crippen LogP contribution in [0, 0.1) is 5.92 Å². The molecular formula is C29H33N5O3. The fourth-order valence-electron chi connectivity index (χ4n) is 7.39. The number of piperazine rings is 1. The number of aromatic nitrogens is 1. The van der Waals surface area contributed by atoms with Crippen LogP contribution in [0.3, 0.4) is 0 Å². The second-order valence-electron chi connectivity index (χ2n) is 11.3. The highest BCUT2D eigenvalue weighted by Gasteiger charge is 2.64. The SMILES string of the molecule is C[C@H]1CN(Cc2ccccc2)C(=O)[C@H](C)N1c1nc2c(C(=O)NC3CC45CCN4CCC35)cccc2o1. The number of rotatable bonds is 5. The molecule has 1 aliphatic carbocycles. The van der Waals surface area contributed by atoms with E-state index in [0.29, 0.717) is 47.2 Å². The van der Waals surface area contributed by atoms with Crippen LogP contribution in [0.5, 0.6) is 0 Å². The van der Waals surface area contributed by atoms with Crippen molar-refractivity contribution in [2.75, 3.05) is 24.5 Å². The van der Waals surface area contributed by atoms with Crippen LogP contribution in [0.25, 0.3) is 11.1 Å². The van der Waals surface area contributed by atoms with Gasteiger partial charge >= 0.3 is 0 Å². The zero-order valence-corrected chi connectivity index (χ0v) is 21.4. The lowest BCUT2D eigenvalue weighted by Crippen LogP contribution is -2.72. The van der Waals surface area contributed by atoms with Crippen molar-refractivity contribution in [2.45, 2.75) is 63.3 Å². The highest BCUT2D eigenvalue weighted by atomic mass is 16.4. The molecule has 1 aromatic heterocycles. The third kappa shape index (κ3) is 3.41. The standard InChI is InChI=1S/C29H33N5O3/c1-18-16-32(17-20-7-4-3-5-8-20)27(36)19(2)34(18)28-31-25-21(9-6-10-24(25)37-28)26(35)30-23-15-29-12-14-33(29)13-11-22(23)29/h3-10,18-19,22-23H,11-17H2,1-2H3,(H,30,35)/t18-,19-,22?,23?,29?/m0/s1. The number of para-hydroxylation sites is 1. The summed E-state index contributed by atoms with van der Waals surface area (Å²) < 4.78 is 6.15. The van der Waals surface area contributed by atoms with E-state index in [1.165, 1.54) is 19.4 Å². The Morgan fingerprint density at radius 1 is 1.14 bits per heavy atom. The van der Waals surface area contributed by atoms with Crippen molar-refractivity contribution in [3.8, 4) is 0 Å². The first-order valence-electron chi connectivity index (χ1n) is 13.5. The fourth-order valence-corrected chi connectivity index (χ4v) is 7.39. The molecule has 3 aliphatic heterocycles. The molecular weight excluding hydrogens is 466 g/mol. The fraction of sp³-hybridized carbons (Fsp3) is 0.483. The van der Waals surface area contributed by atoms with Gasteiger partial charge in [-0.05, 0) is 63.3 Å². The Bertz CT molecular complexity index is 1370. The van der Waals surface area contributed by atoms with Crippen molar-refractivity contribution >= 4 is 28.9 Å². The smallest absolute Gasteiger partial charge is 0.299 e. The van der Waals surface area contributed by atoms with Gasteiger partial charge in [-0.25, -0.2) is 0 Å². The summed E-state index contributed by atoms with van der Waals surface area (Å²) in [7, 11) is 0. The van der Waals surface area contributed by atoms with E-state index in [-0.39, 0.29) is 23.9 Å². The van der Waals surface area contributed by atoms with Gasteiger partial charge in [0.15, 0.2) is 5.58 Å². The van der Waals surface area contributed by atoms with Gasteiger partial charge in [0.2, 0.25) is 5.91 Å². The molecule has 8 heteroatoms. The monoisotopic (exact) mass is 499 g/mol.